The van der Waals surface area contributed by atoms with Crippen molar-refractivity contribution in [1.82, 2.24) is 15.3 Å². The second-order valence-corrected chi connectivity index (χ2v) is 11.3. The fraction of sp³-hybridized carbons (Fsp3) is 0.387. The van der Waals surface area contributed by atoms with Crippen molar-refractivity contribution in [2.75, 3.05) is 9.80 Å². The molecule has 224 valence electrons. The van der Waals surface area contributed by atoms with Crippen LogP contribution in [0.2, 0.25) is 0 Å². The summed E-state index contributed by atoms with van der Waals surface area (Å²) in [4.78, 5) is 52.6. The molecule has 3 heterocycles. The molecule has 1 N–H and O–H groups in total. The number of hydrogen-bond donors (Lipinski definition) is 1. The summed E-state index contributed by atoms with van der Waals surface area (Å²) in [5.41, 5.74) is -0.429. The van der Waals surface area contributed by atoms with E-state index >= 15 is 0 Å². The van der Waals surface area contributed by atoms with Crippen LogP contribution in [-0.2, 0) is 26.3 Å². The third-order valence-electron chi connectivity index (χ3n) is 8.65. The van der Waals surface area contributed by atoms with E-state index in [9.17, 15) is 31.9 Å². The minimum atomic E-state index is -2.81. The smallest absolute Gasteiger partial charge is 0.251 e. The Balaban J connectivity index is 1.47. The largest absolute Gasteiger partial charge is 0.351 e. The molecule has 1 saturated carbocycles. The number of fused-ring (bicyclic) bond motifs is 1. The molecular weight excluding hydrogens is 566 g/mol. The van der Waals surface area contributed by atoms with Gasteiger partial charge in [-0.05, 0) is 49.3 Å². The van der Waals surface area contributed by atoms with E-state index in [1.54, 1.807) is 18.2 Å². The van der Waals surface area contributed by atoms with E-state index in [0.29, 0.717) is 12.0 Å². The zero-order valence-corrected chi connectivity index (χ0v) is 23.1. The Morgan fingerprint density at radius 2 is 1.72 bits per heavy atom. The van der Waals surface area contributed by atoms with Gasteiger partial charge in [0.15, 0.2) is 5.54 Å². The molecule has 12 heteroatoms. The minimum Gasteiger partial charge on any atom is -0.351 e. The number of aryl methyl sites for hydroxylation is 1. The first-order chi connectivity index (χ1) is 20.6. The van der Waals surface area contributed by atoms with Crippen molar-refractivity contribution >= 4 is 29.2 Å². The molecule has 2 aromatic heterocycles. The van der Waals surface area contributed by atoms with Gasteiger partial charge in [-0.3, -0.25) is 29.2 Å². The Hall–Kier alpha value is -4.35. The standard InChI is InChI=1S/C31H29F4N5O3/c32-20-10-14-37-26(16-20)39-25(5-6-27(39)41)28(42)40(23-15-21(33)17-36-18-23)31(13-7-19-3-1-2-4-24(19)31)29(43)38-22-8-11-30(34,35)12-9-22/h1-4,10,14-18,22,25H,5-9,11-13H2,(H,38,43)/t25-,31?/m0/s1. The van der Waals surface area contributed by atoms with Crippen LogP contribution in [0, 0.1) is 11.6 Å². The van der Waals surface area contributed by atoms with Crippen molar-refractivity contribution in [3.05, 3.63) is 83.8 Å². The molecule has 2 aliphatic carbocycles. The topological polar surface area (TPSA) is 95.5 Å². The van der Waals surface area contributed by atoms with E-state index in [2.05, 4.69) is 15.3 Å². The number of benzene rings is 1. The predicted molar refractivity (Wildman–Crippen MR) is 148 cm³/mol. The van der Waals surface area contributed by atoms with E-state index in [1.165, 1.54) is 17.3 Å². The average molecular weight is 596 g/mol. The molecule has 1 unspecified atom stereocenters. The number of carbonyl (C=O) groups excluding carboxylic acids is 3. The number of halogens is 4. The van der Waals surface area contributed by atoms with Crippen molar-refractivity contribution in [3.63, 3.8) is 0 Å². The summed E-state index contributed by atoms with van der Waals surface area (Å²) in [6.07, 6.45) is 3.30. The maximum atomic E-state index is 14.7. The molecule has 1 aliphatic heterocycles. The van der Waals surface area contributed by atoms with Gasteiger partial charge in [0, 0.05) is 43.6 Å². The van der Waals surface area contributed by atoms with Crippen molar-refractivity contribution in [3.8, 4) is 0 Å². The Morgan fingerprint density at radius 1 is 0.953 bits per heavy atom. The number of amides is 3. The maximum absolute atomic E-state index is 14.7. The van der Waals surface area contributed by atoms with Crippen molar-refractivity contribution in [1.29, 1.82) is 0 Å². The molecule has 6 rings (SSSR count). The number of nitrogens with one attached hydrogen (secondary N) is 1. The van der Waals surface area contributed by atoms with Crippen LogP contribution in [0.4, 0.5) is 29.1 Å². The lowest BCUT2D eigenvalue weighted by atomic mass is 9.85. The highest BCUT2D eigenvalue weighted by Crippen LogP contribution is 2.46. The number of aromatic nitrogens is 2. The first kappa shape index (κ1) is 28.8. The van der Waals surface area contributed by atoms with Gasteiger partial charge in [0.1, 0.15) is 23.5 Å². The van der Waals surface area contributed by atoms with Crippen molar-refractivity contribution < 1.29 is 31.9 Å². The van der Waals surface area contributed by atoms with Gasteiger partial charge >= 0.3 is 0 Å². The second-order valence-electron chi connectivity index (χ2n) is 11.3. The van der Waals surface area contributed by atoms with E-state index < -0.39 is 52.9 Å². The number of rotatable bonds is 6. The van der Waals surface area contributed by atoms with Gasteiger partial charge in [0.25, 0.3) is 11.8 Å². The molecule has 3 aromatic rings. The molecule has 8 nitrogen and oxygen atoms in total. The van der Waals surface area contributed by atoms with E-state index in [-0.39, 0.29) is 56.5 Å². The van der Waals surface area contributed by atoms with Crippen molar-refractivity contribution in [2.45, 2.75) is 74.9 Å². The fourth-order valence-electron chi connectivity index (χ4n) is 6.59. The highest BCUT2D eigenvalue weighted by atomic mass is 19.3. The summed E-state index contributed by atoms with van der Waals surface area (Å²) < 4.78 is 56.7. The number of alkyl halides is 2. The molecule has 2 fully saturated rings. The molecule has 2 atom stereocenters. The third-order valence-corrected chi connectivity index (χ3v) is 8.65. The Morgan fingerprint density at radius 3 is 2.47 bits per heavy atom. The maximum Gasteiger partial charge on any atom is 0.251 e. The number of pyridine rings is 2. The van der Waals surface area contributed by atoms with E-state index in [1.807, 2.05) is 6.07 Å². The summed E-state index contributed by atoms with van der Waals surface area (Å²) in [6, 6.07) is 8.59. The van der Waals surface area contributed by atoms with Gasteiger partial charge in [0.05, 0.1) is 18.1 Å². The van der Waals surface area contributed by atoms with Crippen LogP contribution >= 0.6 is 0 Å². The van der Waals surface area contributed by atoms with Crippen LogP contribution in [0.25, 0.3) is 0 Å². The minimum absolute atomic E-state index is 0.0152. The van der Waals surface area contributed by atoms with Gasteiger partial charge in [-0.2, -0.15) is 0 Å². The molecule has 3 amide bonds. The number of hydrogen-bond acceptors (Lipinski definition) is 5. The fourth-order valence-corrected chi connectivity index (χ4v) is 6.59. The lowest BCUT2D eigenvalue weighted by molar-refractivity contribution is -0.132. The van der Waals surface area contributed by atoms with E-state index in [0.717, 1.165) is 34.9 Å². The Kier molecular flexibility index (Phi) is 7.39. The van der Waals surface area contributed by atoms with Crippen LogP contribution in [0.1, 0.15) is 56.1 Å². The molecule has 1 saturated heterocycles. The lowest BCUT2D eigenvalue weighted by Crippen LogP contribution is -2.62. The second kappa shape index (κ2) is 11.1. The predicted octanol–water partition coefficient (Wildman–Crippen LogP) is 4.82. The summed E-state index contributed by atoms with van der Waals surface area (Å²) in [6.45, 7) is 0. The number of carbonyl (C=O) groups is 3. The van der Waals surface area contributed by atoms with E-state index in [4.69, 9.17) is 0 Å². The Bertz CT molecular complexity index is 1580. The molecule has 0 radical (unpaired) electrons. The quantitative estimate of drug-likeness (QED) is 0.413. The Labute approximate surface area is 245 Å². The number of anilines is 2. The van der Waals surface area contributed by atoms with Crippen LogP contribution in [0.5, 0.6) is 0 Å². The number of nitrogens with zero attached hydrogens (tertiary/aromatic N) is 4. The zero-order valence-electron chi connectivity index (χ0n) is 23.1. The SMILES string of the molecule is O=C1CC[C@@H](C(=O)N(c2cncc(F)c2)C2(C(=O)NC3CCC(F)(F)CC3)CCc3ccccc32)N1c1cc(F)ccn1. The van der Waals surface area contributed by atoms with Gasteiger partial charge in [-0.15, -0.1) is 0 Å². The monoisotopic (exact) mass is 595 g/mol. The zero-order chi connectivity index (χ0) is 30.4. The van der Waals surface area contributed by atoms with Crippen LogP contribution in [0.3, 0.4) is 0 Å². The summed E-state index contributed by atoms with van der Waals surface area (Å²) >= 11 is 0. The summed E-state index contributed by atoms with van der Waals surface area (Å²) in [5.74, 6) is -6.03. The first-order valence-corrected chi connectivity index (χ1v) is 14.2. The molecule has 0 bridgehead atoms. The summed E-state index contributed by atoms with van der Waals surface area (Å²) in [7, 11) is 0. The van der Waals surface area contributed by atoms with Gasteiger partial charge in [-0.25, -0.2) is 22.5 Å². The molecule has 43 heavy (non-hydrogen) atoms. The highest BCUT2D eigenvalue weighted by molar-refractivity contribution is 6.12. The first-order valence-electron chi connectivity index (χ1n) is 14.2. The van der Waals surface area contributed by atoms with Crippen LogP contribution in [0.15, 0.2) is 61.1 Å². The molecular formula is C31H29F4N5O3. The summed E-state index contributed by atoms with van der Waals surface area (Å²) in [5, 5.41) is 2.93. The molecule has 3 aliphatic rings. The van der Waals surface area contributed by atoms with Gasteiger partial charge in [0.2, 0.25) is 11.8 Å². The average Bonchev–Trinajstić information content (AvgIpc) is 3.56. The lowest BCUT2D eigenvalue weighted by Gasteiger charge is -2.43. The van der Waals surface area contributed by atoms with Crippen molar-refractivity contribution in [2.24, 2.45) is 0 Å². The molecule has 0 spiro atoms. The van der Waals surface area contributed by atoms with Gasteiger partial charge < -0.3 is 5.32 Å². The normalized spacial score (nSPS) is 23.2. The van der Waals surface area contributed by atoms with Crippen LogP contribution in [-0.4, -0.2) is 45.7 Å². The highest BCUT2D eigenvalue weighted by Gasteiger charge is 2.55. The molecule has 1 aromatic carbocycles. The van der Waals surface area contributed by atoms with Gasteiger partial charge in [-0.1, -0.05) is 24.3 Å². The van der Waals surface area contributed by atoms with Crippen LogP contribution < -0.4 is 15.1 Å². The third kappa shape index (κ3) is 5.23.